The fraction of sp³-hybridized carbons (Fsp3) is 0.867. The van der Waals surface area contributed by atoms with Crippen LogP contribution >= 0.6 is 0 Å². The molecule has 1 fully saturated rings. The van der Waals surface area contributed by atoms with Crippen LogP contribution in [0.3, 0.4) is 0 Å². The third kappa shape index (κ3) is 4.78. The minimum absolute atomic E-state index is 0.00910. The van der Waals surface area contributed by atoms with E-state index in [-0.39, 0.29) is 23.8 Å². The summed E-state index contributed by atoms with van der Waals surface area (Å²) in [5.41, 5.74) is 5.75. The Labute approximate surface area is 121 Å². The van der Waals surface area contributed by atoms with E-state index in [9.17, 15) is 9.59 Å². The van der Waals surface area contributed by atoms with Crippen molar-refractivity contribution in [3.63, 3.8) is 0 Å². The van der Waals surface area contributed by atoms with Gasteiger partial charge in [0, 0.05) is 19.0 Å². The van der Waals surface area contributed by atoms with Crippen LogP contribution in [-0.4, -0.2) is 41.0 Å². The molecule has 1 aliphatic heterocycles. The van der Waals surface area contributed by atoms with E-state index in [4.69, 9.17) is 10.8 Å². The van der Waals surface area contributed by atoms with E-state index in [1.54, 1.807) is 0 Å². The molecule has 20 heavy (non-hydrogen) atoms. The van der Waals surface area contributed by atoms with Gasteiger partial charge in [0.2, 0.25) is 5.91 Å². The molecular formula is C15H28N2O3. The van der Waals surface area contributed by atoms with Gasteiger partial charge in [-0.1, -0.05) is 13.8 Å². The van der Waals surface area contributed by atoms with Crippen molar-refractivity contribution in [1.82, 2.24) is 4.90 Å². The first-order valence-electron chi connectivity index (χ1n) is 7.57. The summed E-state index contributed by atoms with van der Waals surface area (Å²) in [5, 5.41) is 9.04. The SMILES string of the molecule is CC(C)C[C@H](CN)CC(=O)N1CCC(C(=O)O)CC1C. The van der Waals surface area contributed by atoms with Crippen LogP contribution in [0.5, 0.6) is 0 Å². The van der Waals surface area contributed by atoms with Crippen molar-refractivity contribution in [2.45, 2.75) is 52.5 Å². The number of piperidine rings is 1. The Bertz CT molecular complexity index is 344. The molecule has 3 atom stereocenters. The largest absolute Gasteiger partial charge is 0.481 e. The van der Waals surface area contributed by atoms with Gasteiger partial charge in [-0.2, -0.15) is 0 Å². The Kier molecular flexibility index (Phi) is 6.46. The molecule has 0 radical (unpaired) electrons. The Hall–Kier alpha value is -1.10. The molecule has 0 bridgehead atoms. The lowest BCUT2D eigenvalue weighted by molar-refractivity contribution is -0.147. The highest BCUT2D eigenvalue weighted by atomic mass is 16.4. The van der Waals surface area contributed by atoms with E-state index in [1.807, 2.05) is 11.8 Å². The minimum atomic E-state index is -0.747. The molecule has 0 aromatic carbocycles. The van der Waals surface area contributed by atoms with E-state index in [1.165, 1.54) is 0 Å². The number of hydrogen-bond acceptors (Lipinski definition) is 3. The fourth-order valence-electron chi connectivity index (χ4n) is 3.06. The lowest BCUT2D eigenvalue weighted by Crippen LogP contribution is -2.46. The minimum Gasteiger partial charge on any atom is -0.481 e. The van der Waals surface area contributed by atoms with E-state index in [0.29, 0.717) is 38.3 Å². The number of rotatable bonds is 6. The van der Waals surface area contributed by atoms with Gasteiger partial charge in [-0.3, -0.25) is 9.59 Å². The molecule has 1 aliphatic rings. The number of carboxylic acid groups (broad SMARTS) is 1. The second-order valence-corrected chi connectivity index (χ2v) is 6.43. The molecule has 0 spiro atoms. The van der Waals surface area contributed by atoms with Gasteiger partial charge in [-0.05, 0) is 44.6 Å². The van der Waals surface area contributed by atoms with Crippen molar-refractivity contribution in [3.05, 3.63) is 0 Å². The molecule has 2 unspecified atom stereocenters. The predicted octanol–water partition coefficient (Wildman–Crippen LogP) is 1.71. The van der Waals surface area contributed by atoms with Crippen molar-refractivity contribution in [2.75, 3.05) is 13.1 Å². The highest BCUT2D eigenvalue weighted by Crippen LogP contribution is 2.25. The summed E-state index contributed by atoms with van der Waals surface area (Å²) in [6.45, 7) is 7.29. The molecule has 1 rings (SSSR count). The molecule has 3 N–H and O–H groups in total. The maximum atomic E-state index is 12.4. The lowest BCUT2D eigenvalue weighted by atomic mass is 9.89. The zero-order valence-corrected chi connectivity index (χ0v) is 12.8. The third-order valence-corrected chi connectivity index (χ3v) is 4.15. The van der Waals surface area contributed by atoms with Gasteiger partial charge in [0.1, 0.15) is 0 Å². The average Bonchev–Trinajstić information content (AvgIpc) is 2.36. The molecule has 1 amide bonds. The van der Waals surface area contributed by atoms with Crippen LogP contribution in [0.15, 0.2) is 0 Å². The van der Waals surface area contributed by atoms with Crippen LogP contribution in [0.1, 0.15) is 46.5 Å². The summed E-state index contributed by atoms with van der Waals surface area (Å²) in [5.74, 6) is -0.172. The third-order valence-electron chi connectivity index (χ3n) is 4.15. The number of carbonyl (C=O) groups excluding carboxylic acids is 1. The molecule has 1 saturated heterocycles. The summed E-state index contributed by atoms with van der Waals surface area (Å²) in [6, 6.07) is 0.00910. The van der Waals surface area contributed by atoms with Crippen molar-refractivity contribution in [3.8, 4) is 0 Å². The number of amides is 1. The van der Waals surface area contributed by atoms with Gasteiger partial charge in [0.05, 0.1) is 5.92 Å². The highest BCUT2D eigenvalue weighted by molar-refractivity contribution is 5.77. The Morgan fingerprint density at radius 2 is 2.05 bits per heavy atom. The Morgan fingerprint density at radius 3 is 2.50 bits per heavy atom. The zero-order valence-electron chi connectivity index (χ0n) is 12.8. The van der Waals surface area contributed by atoms with E-state index < -0.39 is 5.97 Å². The quantitative estimate of drug-likeness (QED) is 0.777. The maximum Gasteiger partial charge on any atom is 0.306 e. The molecule has 116 valence electrons. The lowest BCUT2D eigenvalue weighted by Gasteiger charge is -2.37. The van der Waals surface area contributed by atoms with Crippen molar-refractivity contribution in [2.24, 2.45) is 23.5 Å². The summed E-state index contributed by atoms with van der Waals surface area (Å²) in [4.78, 5) is 25.2. The number of hydrogen-bond donors (Lipinski definition) is 2. The fourth-order valence-corrected chi connectivity index (χ4v) is 3.06. The number of likely N-dealkylation sites (tertiary alicyclic amines) is 1. The second kappa shape index (κ2) is 7.62. The van der Waals surface area contributed by atoms with Crippen LogP contribution < -0.4 is 5.73 Å². The monoisotopic (exact) mass is 284 g/mol. The standard InChI is InChI=1S/C15H28N2O3/c1-10(2)6-12(9-16)8-14(18)17-5-4-13(15(19)20)7-11(17)3/h10-13H,4-9,16H2,1-3H3,(H,19,20)/t11?,12-,13?/m0/s1. The van der Waals surface area contributed by atoms with Crippen LogP contribution in [0.2, 0.25) is 0 Å². The molecule has 0 saturated carbocycles. The van der Waals surface area contributed by atoms with Gasteiger partial charge >= 0.3 is 5.97 Å². The first-order chi connectivity index (χ1) is 9.35. The molecule has 0 aromatic rings. The summed E-state index contributed by atoms with van der Waals surface area (Å²) in [6.07, 6.45) is 2.56. The maximum absolute atomic E-state index is 12.4. The summed E-state index contributed by atoms with van der Waals surface area (Å²) >= 11 is 0. The number of nitrogens with two attached hydrogens (primary N) is 1. The van der Waals surface area contributed by atoms with Crippen LogP contribution in [-0.2, 0) is 9.59 Å². The topological polar surface area (TPSA) is 83.6 Å². The Balaban J connectivity index is 2.53. The van der Waals surface area contributed by atoms with E-state index >= 15 is 0 Å². The van der Waals surface area contributed by atoms with Crippen molar-refractivity contribution in [1.29, 1.82) is 0 Å². The van der Waals surface area contributed by atoms with Gasteiger partial charge in [-0.25, -0.2) is 0 Å². The van der Waals surface area contributed by atoms with Crippen LogP contribution in [0.25, 0.3) is 0 Å². The van der Waals surface area contributed by atoms with Crippen LogP contribution in [0.4, 0.5) is 0 Å². The first kappa shape index (κ1) is 17.0. The van der Waals surface area contributed by atoms with E-state index in [0.717, 1.165) is 6.42 Å². The zero-order chi connectivity index (χ0) is 15.3. The summed E-state index contributed by atoms with van der Waals surface area (Å²) in [7, 11) is 0. The van der Waals surface area contributed by atoms with Crippen molar-refractivity contribution >= 4 is 11.9 Å². The van der Waals surface area contributed by atoms with Gasteiger partial charge in [0.25, 0.3) is 0 Å². The van der Waals surface area contributed by atoms with Gasteiger partial charge in [-0.15, -0.1) is 0 Å². The normalized spacial score (nSPS) is 24.8. The highest BCUT2D eigenvalue weighted by Gasteiger charge is 2.32. The first-order valence-corrected chi connectivity index (χ1v) is 7.57. The molecule has 0 aliphatic carbocycles. The van der Waals surface area contributed by atoms with Crippen molar-refractivity contribution < 1.29 is 14.7 Å². The van der Waals surface area contributed by atoms with E-state index in [2.05, 4.69) is 13.8 Å². The van der Waals surface area contributed by atoms with Crippen LogP contribution in [0, 0.1) is 17.8 Å². The van der Waals surface area contributed by atoms with Gasteiger partial charge < -0.3 is 15.7 Å². The molecule has 0 aromatic heterocycles. The average molecular weight is 284 g/mol. The number of aliphatic carboxylic acids is 1. The molecular weight excluding hydrogens is 256 g/mol. The molecule has 5 heteroatoms. The predicted molar refractivity (Wildman–Crippen MR) is 78.2 cm³/mol. The second-order valence-electron chi connectivity index (χ2n) is 6.43. The van der Waals surface area contributed by atoms with Gasteiger partial charge in [0.15, 0.2) is 0 Å². The molecule has 1 heterocycles. The number of nitrogens with zero attached hydrogens (tertiary/aromatic N) is 1. The molecule has 5 nitrogen and oxygen atoms in total. The number of carboxylic acids is 1. The smallest absolute Gasteiger partial charge is 0.306 e. The Morgan fingerprint density at radius 1 is 1.40 bits per heavy atom. The number of carbonyl (C=O) groups is 2. The summed E-state index contributed by atoms with van der Waals surface area (Å²) < 4.78 is 0.